The molecule has 0 bridgehead atoms. The standard InChI is InChI=1S/C23H46/c1-23(2,3)21-17-13-16-20-22-18-14-11-9-7-5-4-6-8-10-12-15-19-22/h22H,4-21H2,1-3H3. The van der Waals surface area contributed by atoms with Crippen molar-refractivity contribution < 1.29 is 0 Å². The Bertz CT molecular complexity index is 233. The Labute approximate surface area is 148 Å². The molecule has 0 heterocycles. The average molecular weight is 323 g/mol. The summed E-state index contributed by atoms with van der Waals surface area (Å²) >= 11 is 0. The molecule has 1 aliphatic rings. The summed E-state index contributed by atoms with van der Waals surface area (Å²) in [6.45, 7) is 7.14. The lowest BCUT2D eigenvalue weighted by atomic mass is 9.87. The number of unbranched alkanes of at least 4 members (excludes halogenated alkanes) is 2. The van der Waals surface area contributed by atoms with Crippen LogP contribution in [0.2, 0.25) is 0 Å². The lowest BCUT2D eigenvalue weighted by Gasteiger charge is -2.19. The summed E-state index contributed by atoms with van der Waals surface area (Å²) in [7, 11) is 0. The zero-order valence-corrected chi connectivity index (χ0v) is 16.8. The van der Waals surface area contributed by atoms with E-state index in [1.165, 1.54) is 116 Å². The van der Waals surface area contributed by atoms with Crippen LogP contribution >= 0.6 is 0 Å². The third-order valence-corrected chi connectivity index (χ3v) is 5.76. The fraction of sp³-hybridized carbons (Fsp3) is 1.00. The number of rotatable bonds is 5. The van der Waals surface area contributed by atoms with Gasteiger partial charge in [0.05, 0.1) is 0 Å². The third-order valence-electron chi connectivity index (χ3n) is 5.76. The number of hydrogen-bond donors (Lipinski definition) is 0. The molecule has 0 heteroatoms. The third kappa shape index (κ3) is 14.1. The van der Waals surface area contributed by atoms with Crippen molar-refractivity contribution in [1.29, 1.82) is 0 Å². The Morgan fingerprint density at radius 2 is 1.00 bits per heavy atom. The summed E-state index contributed by atoms with van der Waals surface area (Å²) in [5.74, 6) is 1.05. The Balaban J connectivity index is 2.17. The van der Waals surface area contributed by atoms with Gasteiger partial charge in [-0.3, -0.25) is 0 Å². The van der Waals surface area contributed by atoms with Crippen LogP contribution in [0.1, 0.15) is 136 Å². The molecular weight excluding hydrogens is 276 g/mol. The van der Waals surface area contributed by atoms with Crippen molar-refractivity contribution in [2.75, 3.05) is 0 Å². The fourth-order valence-electron chi connectivity index (χ4n) is 4.16. The highest BCUT2D eigenvalue weighted by atomic mass is 14.2. The molecule has 0 aromatic carbocycles. The zero-order chi connectivity index (χ0) is 16.8. The first-order chi connectivity index (χ1) is 11.1. The smallest absolute Gasteiger partial charge is 0.0383 e. The average Bonchev–Trinajstić information content (AvgIpc) is 2.49. The van der Waals surface area contributed by atoms with Crippen molar-refractivity contribution in [3.63, 3.8) is 0 Å². The van der Waals surface area contributed by atoms with Gasteiger partial charge in [0.2, 0.25) is 0 Å². The van der Waals surface area contributed by atoms with Crippen molar-refractivity contribution in [2.45, 2.75) is 136 Å². The second-order valence-electron chi connectivity index (χ2n) is 9.49. The van der Waals surface area contributed by atoms with E-state index in [9.17, 15) is 0 Å². The van der Waals surface area contributed by atoms with Gasteiger partial charge in [-0.25, -0.2) is 0 Å². The molecule has 0 atom stereocenters. The van der Waals surface area contributed by atoms with Crippen LogP contribution in [0.15, 0.2) is 0 Å². The summed E-state index contributed by atoms with van der Waals surface area (Å²) in [6, 6.07) is 0. The van der Waals surface area contributed by atoms with E-state index in [0.717, 1.165) is 5.92 Å². The minimum absolute atomic E-state index is 0.532. The highest BCUT2D eigenvalue weighted by Gasteiger charge is 2.11. The van der Waals surface area contributed by atoms with E-state index in [2.05, 4.69) is 20.8 Å². The van der Waals surface area contributed by atoms with Gasteiger partial charge in [-0.05, 0) is 17.8 Å². The largest absolute Gasteiger partial charge is 0.0602 e. The summed E-state index contributed by atoms with van der Waals surface area (Å²) in [5, 5.41) is 0. The summed E-state index contributed by atoms with van der Waals surface area (Å²) in [4.78, 5) is 0. The van der Waals surface area contributed by atoms with Crippen LogP contribution in [0.5, 0.6) is 0 Å². The van der Waals surface area contributed by atoms with Crippen molar-refractivity contribution in [3.05, 3.63) is 0 Å². The van der Waals surface area contributed by atoms with Gasteiger partial charge in [-0.15, -0.1) is 0 Å². The van der Waals surface area contributed by atoms with E-state index in [1.54, 1.807) is 0 Å². The van der Waals surface area contributed by atoms with Crippen LogP contribution < -0.4 is 0 Å². The molecule has 0 spiro atoms. The molecule has 0 nitrogen and oxygen atoms in total. The number of hydrogen-bond acceptors (Lipinski definition) is 0. The van der Waals surface area contributed by atoms with E-state index >= 15 is 0 Å². The molecule has 138 valence electrons. The molecule has 1 aliphatic carbocycles. The molecule has 0 saturated heterocycles. The first kappa shape index (κ1) is 21.0. The van der Waals surface area contributed by atoms with Crippen LogP contribution in [0, 0.1) is 11.3 Å². The maximum absolute atomic E-state index is 2.38. The van der Waals surface area contributed by atoms with Gasteiger partial charge in [0.1, 0.15) is 0 Å². The van der Waals surface area contributed by atoms with E-state index in [4.69, 9.17) is 0 Å². The Hall–Kier alpha value is 0. The molecule has 0 radical (unpaired) electrons. The molecule has 0 aromatic rings. The van der Waals surface area contributed by atoms with Gasteiger partial charge in [-0.1, -0.05) is 130 Å². The monoisotopic (exact) mass is 322 g/mol. The fourth-order valence-corrected chi connectivity index (χ4v) is 4.16. The normalized spacial score (nSPS) is 21.0. The minimum Gasteiger partial charge on any atom is -0.0602 e. The summed E-state index contributed by atoms with van der Waals surface area (Å²) in [6.07, 6.45) is 26.9. The second kappa shape index (κ2) is 13.3. The Kier molecular flexibility index (Phi) is 12.2. The van der Waals surface area contributed by atoms with Crippen molar-refractivity contribution in [3.8, 4) is 0 Å². The van der Waals surface area contributed by atoms with Crippen LogP contribution in [-0.2, 0) is 0 Å². The van der Waals surface area contributed by atoms with Gasteiger partial charge < -0.3 is 0 Å². The maximum atomic E-state index is 2.38. The molecule has 23 heavy (non-hydrogen) atoms. The zero-order valence-electron chi connectivity index (χ0n) is 16.8. The quantitative estimate of drug-likeness (QED) is 0.444. The minimum atomic E-state index is 0.532. The van der Waals surface area contributed by atoms with Crippen LogP contribution in [-0.4, -0.2) is 0 Å². The molecule has 1 rings (SSSR count). The highest BCUT2D eigenvalue weighted by Crippen LogP contribution is 2.27. The topological polar surface area (TPSA) is 0 Å². The summed E-state index contributed by atoms with van der Waals surface area (Å²) < 4.78 is 0. The van der Waals surface area contributed by atoms with Gasteiger partial charge in [-0.2, -0.15) is 0 Å². The van der Waals surface area contributed by atoms with Crippen LogP contribution in [0.25, 0.3) is 0 Å². The predicted molar refractivity (Wildman–Crippen MR) is 106 cm³/mol. The first-order valence-corrected chi connectivity index (χ1v) is 11.1. The Morgan fingerprint density at radius 3 is 1.43 bits per heavy atom. The van der Waals surface area contributed by atoms with Crippen molar-refractivity contribution >= 4 is 0 Å². The first-order valence-electron chi connectivity index (χ1n) is 11.1. The predicted octanol–water partition coefficient (Wildman–Crippen LogP) is 8.68. The molecule has 0 aliphatic heterocycles. The molecule has 0 unspecified atom stereocenters. The maximum Gasteiger partial charge on any atom is -0.0383 e. The lowest BCUT2D eigenvalue weighted by molar-refractivity contribution is 0.337. The highest BCUT2D eigenvalue weighted by molar-refractivity contribution is 4.64. The van der Waals surface area contributed by atoms with E-state index in [0.29, 0.717) is 5.41 Å². The van der Waals surface area contributed by atoms with Gasteiger partial charge in [0, 0.05) is 0 Å². The molecule has 1 saturated carbocycles. The van der Waals surface area contributed by atoms with Crippen LogP contribution in [0.4, 0.5) is 0 Å². The molecule has 1 fully saturated rings. The van der Waals surface area contributed by atoms with Gasteiger partial charge >= 0.3 is 0 Å². The van der Waals surface area contributed by atoms with E-state index in [-0.39, 0.29) is 0 Å². The lowest BCUT2D eigenvalue weighted by Crippen LogP contribution is -2.05. The van der Waals surface area contributed by atoms with Crippen molar-refractivity contribution in [2.24, 2.45) is 11.3 Å². The van der Waals surface area contributed by atoms with Crippen LogP contribution in [0.3, 0.4) is 0 Å². The Morgan fingerprint density at radius 1 is 0.565 bits per heavy atom. The molecule has 0 aromatic heterocycles. The molecule has 0 N–H and O–H groups in total. The van der Waals surface area contributed by atoms with Gasteiger partial charge in [0.15, 0.2) is 0 Å². The van der Waals surface area contributed by atoms with E-state index in [1.807, 2.05) is 0 Å². The SMILES string of the molecule is CC(C)(C)CCCCCC1CCCCCCCCCCCCC1. The van der Waals surface area contributed by atoms with E-state index < -0.39 is 0 Å². The second-order valence-corrected chi connectivity index (χ2v) is 9.49. The summed E-state index contributed by atoms with van der Waals surface area (Å²) in [5.41, 5.74) is 0.532. The molecule has 0 amide bonds. The van der Waals surface area contributed by atoms with Crippen molar-refractivity contribution in [1.82, 2.24) is 0 Å². The molecular formula is C23H46. The van der Waals surface area contributed by atoms with Gasteiger partial charge in [0.25, 0.3) is 0 Å².